The lowest BCUT2D eigenvalue weighted by molar-refractivity contribution is -0.139. The minimum atomic E-state index is -0.851. The molecule has 11 heteroatoms. The number of nitrogens with zero attached hydrogens (tertiary/aromatic N) is 2. The second-order valence-corrected chi connectivity index (χ2v) is 10.4. The molecule has 2 aromatic carbocycles. The van der Waals surface area contributed by atoms with Gasteiger partial charge in [0.25, 0.3) is 5.56 Å². The SMILES string of the molecule is CCOC(=O)C1=C(C)N=c2s/c(=C\c3ccc(-c4cccc(C(=O)OCC)c4)o3)c(=O)n2[C@@H]1c1ccc(OC)cc1OC. The van der Waals surface area contributed by atoms with E-state index < -0.39 is 18.0 Å². The Bertz CT molecular complexity index is 1910. The summed E-state index contributed by atoms with van der Waals surface area (Å²) >= 11 is 1.18. The topological polar surface area (TPSA) is 119 Å². The molecule has 1 aliphatic heterocycles. The summed E-state index contributed by atoms with van der Waals surface area (Å²) in [7, 11) is 3.06. The molecule has 0 N–H and O–H groups in total. The first-order valence-corrected chi connectivity index (χ1v) is 14.4. The fourth-order valence-corrected chi connectivity index (χ4v) is 5.89. The summed E-state index contributed by atoms with van der Waals surface area (Å²) in [5.41, 5.74) is 2.00. The first-order valence-electron chi connectivity index (χ1n) is 13.6. The highest BCUT2D eigenvalue weighted by atomic mass is 32.1. The van der Waals surface area contributed by atoms with Crippen molar-refractivity contribution < 1.29 is 33.0 Å². The summed E-state index contributed by atoms with van der Waals surface area (Å²) in [4.78, 5) is 44.4. The van der Waals surface area contributed by atoms with Crippen LogP contribution in [0.15, 0.2) is 80.1 Å². The average molecular weight is 603 g/mol. The van der Waals surface area contributed by atoms with Crippen LogP contribution in [0.3, 0.4) is 0 Å². The number of fused-ring (bicyclic) bond motifs is 1. The van der Waals surface area contributed by atoms with E-state index in [2.05, 4.69) is 4.99 Å². The summed E-state index contributed by atoms with van der Waals surface area (Å²) in [5, 5.41) is 0. The Balaban J connectivity index is 1.61. The van der Waals surface area contributed by atoms with Crippen LogP contribution in [0.1, 0.15) is 48.5 Å². The third-order valence-electron chi connectivity index (χ3n) is 6.81. The van der Waals surface area contributed by atoms with Gasteiger partial charge in [-0.2, -0.15) is 0 Å². The lowest BCUT2D eigenvalue weighted by atomic mass is 9.95. The summed E-state index contributed by atoms with van der Waals surface area (Å²) in [6, 6.07) is 14.8. The first kappa shape index (κ1) is 29.6. The van der Waals surface area contributed by atoms with Gasteiger partial charge in [-0.15, -0.1) is 0 Å². The van der Waals surface area contributed by atoms with Gasteiger partial charge in [-0.25, -0.2) is 14.6 Å². The Morgan fingerprint density at radius 1 is 1.00 bits per heavy atom. The molecule has 0 aliphatic carbocycles. The van der Waals surface area contributed by atoms with E-state index in [-0.39, 0.29) is 24.3 Å². The smallest absolute Gasteiger partial charge is 0.338 e. The predicted molar refractivity (Wildman–Crippen MR) is 160 cm³/mol. The molecule has 0 bridgehead atoms. The highest BCUT2D eigenvalue weighted by Gasteiger charge is 2.35. The number of furan rings is 1. The van der Waals surface area contributed by atoms with Crippen LogP contribution in [0.5, 0.6) is 11.5 Å². The second kappa shape index (κ2) is 12.5. The number of aromatic nitrogens is 1. The zero-order valence-electron chi connectivity index (χ0n) is 24.3. The number of methoxy groups -OCH3 is 2. The maximum Gasteiger partial charge on any atom is 0.338 e. The molecule has 222 valence electrons. The molecule has 0 saturated carbocycles. The van der Waals surface area contributed by atoms with Crippen molar-refractivity contribution in [3.05, 3.63) is 102 Å². The number of ether oxygens (including phenoxy) is 4. The Morgan fingerprint density at radius 3 is 2.49 bits per heavy atom. The molecule has 3 heterocycles. The lowest BCUT2D eigenvalue weighted by Gasteiger charge is -2.26. The van der Waals surface area contributed by atoms with Crippen LogP contribution >= 0.6 is 11.3 Å². The molecule has 4 aromatic rings. The molecule has 0 saturated heterocycles. The van der Waals surface area contributed by atoms with Crippen molar-refractivity contribution in [2.24, 2.45) is 4.99 Å². The molecule has 10 nitrogen and oxygen atoms in total. The fourth-order valence-electron chi connectivity index (χ4n) is 4.86. The zero-order valence-corrected chi connectivity index (χ0v) is 25.2. The Hall–Kier alpha value is -4.90. The molecule has 1 aliphatic rings. The number of hydrogen-bond donors (Lipinski definition) is 0. The van der Waals surface area contributed by atoms with Crippen molar-refractivity contribution in [3.8, 4) is 22.8 Å². The van der Waals surface area contributed by atoms with E-state index in [9.17, 15) is 14.4 Å². The molecule has 5 rings (SSSR count). The highest BCUT2D eigenvalue weighted by Crippen LogP contribution is 2.37. The molecular formula is C32H30N2O8S. The summed E-state index contributed by atoms with van der Waals surface area (Å²) in [6.07, 6.45) is 1.63. The van der Waals surface area contributed by atoms with Gasteiger partial charge in [0, 0.05) is 23.3 Å². The van der Waals surface area contributed by atoms with Crippen molar-refractivity contribution in [3.63, 3.8) is 0 Å². The van der Waals surface area contributed by atoms with Crippen LogP contribution in [-0.4, -0.2) is 43.9 Å². The molecule has 0 radical (unpaired) electrons. The van der Waals surface area contributed by atoms with E-state index >= 15 is 0 Å². The van der Waals surface area contributed by atoms with E-state index in [1.165, 1.54) is 23.0 Å². The summed E-state index contributed by atoms with van der Waals surface area (Å²) in [5.74, 6) is 0.969. The highest BCUT2D eigenvalue weighted by molar-refractivity contribution is 7.07. The van der Waals surface area contributed by atoms with Gasteiger partial charge in [-0.3, -0.25) is 9.36 Å². The number of hydrogen-bond acceptors (Lipinski definition) is 10. The van der Waals surface area contributed by atoms with E-state index in [4.69, 9.17) is 23.4 Å². The van der Waals surface area contributed by atoms with Crippen LogP contribution in [0.25, 0.3) is 17.4 Å². The second-order valence-electron chi connectivity index (χ2n) is 9.41. The van der Waals surface area contributed by atoms with Crippen molar-refractivity contribution in [2.45, 2.75) is 26.8 Å². The number of carbonyl (C=O) groups is 2. The minimum Gasteiger partial charge on any atom is -0.497 e. The van der Waals surface area contributed by atoms with Crippen molar-refractivity contribution >= 4 is 29.4 Å². The number of esters is 2. The Morgan fingerprint density at radius 2 is 1.77 bits per heavy atom. The zero-order chi connectivity index (χ0) is 30.7. The van der Waals surface area contributed by atoms with E-state index in [0.717, 1.165) is 0 Å². The Kier molecular flexibility index (Phi) is 8.63. The van der Waals surface area contributed by atoms with Gasteiger partial charge in [0.2, 0.25) is 0 Å². The van der Waals surface area contributed by atoms with Crippen molar-refractivity contribution in [1.82, 2.24) is 4.57 Å². The average Bonchev–Trinajstić information content (AvgIpc) is 3.60. The van der Waals surface area contributed by atoms with Gasteiger partial charge in [-0.05, 0) is 57.2 Å². The molecule has 2 aromatic heterocycles. The van der Waals surface area contributed by atoms with Crippen LogP contribution in [0, 0.1) is 0 Å². The van der Waals surface area contributed by atoms with E-state index in [1.807, 2.05) is 6.07 Å². The predicted octanol–water partition coefficient (Wildman–Crippen LogP) is 4.25. The first-order chi connectivity index (χ1) is 20.8. The van der Waals surface area contributed by atoms with Crippen LogP contribution in [0.2, 0.25) is 0 Å². The normalized spacial score (nSPS) is 14.6. The van der Waals surface area contributed by atoms with Gasteiger partial charge in [0.15, 0.2) is 4.80 Å². The molecule has 0 unspecified atom stereocenters. The largest absolute Gasteiger partial charge is 0.497 e. The number of carbonyl (C=O) groups excluding carboxylic acids is 2. The van der Waals surface area contributed by atoms with Crippen LogP contribution in [0.4, 0.5) is 0 Å². The standard InChI is InChI=1S/C32H30N2O8S/c1-6-40-30(36)20-10-8-9-19(15-20)24-14-12-22(42-24)17-26-29(35)34-28(23-13-11-21(38-4)16-25(23)39-5)27(31(37)41-7-2)18(3)33-32(34)43-26/h8-17,28H,6-7H2,1-5H3/b26-17-/t28-/m1/s1. The third kappa shape index (κ3) is 5.76. The summed E-state index contributed by atoms with van der Waals surface area (Å²) < 4.78 is 29.4. The number of rotatable bonds is 9. The minimum absolute atomic E-state index is 0.163. The third-order valence-corrected chi connectivity index (χ3v) is 7.79. The number of benzene rings is 2. The number of thiazole rings is 1. The maximum atomic E-state index is 14.0. The van der Waals surface area contributed by atoms with Gasteiger partial charge >= 0.3 is 11.9 Å². The van der Waals surface area contributed by atoms with Gasteiger partial charge in [-0.1, -0.05) is 23.5 Å². The Labute approximate surface area is 251 Å². The quantitative estimate of drug-likeness (QED) is 0.261. The van der Waals surface area contributed by atoms with Crippen molar-refractivity contribution in [2.75, 3.05) is 27.4 Å². The summed E-state index contributed by atoms with van der Waals surface area (Å²) in [6.45, 7) is 5.62. The molecule has 0 spiro atoms. The van der Waals surface area contributed by atoms with Crippen LogP contribution in [-0.2, 0) is 14.3 Å². The monoisotopic (exact) mass is 602 g/mol. The lowest BCUT2D eigenvalue weighted by Crippen LogP contribution is -2.40. The van der Waals surface area contributed by atoms with Gasteiger partial charge < -0.3 is 23.4 Å². The van der Waals surface area contributed by atoms with Gasteiger partial charge in [0.1, 0.15) is 29.1 Å². The molecule has 43 heavy (non-hydrogen) atoms. The molecule has 0 fully saturated rings. The van der Waals surface area contributed by atoms with Crippen molar-refractivity contribution in [1.29, 1.82) is 0 Å². The van der Waals surface area contributed by atoms with E-state index in [0.29, 0.717) is 54.7 Å². The van der Waals surface area contributed by atoms with E-state index in [1.54, 1.807) is 82.5 Å². The fraction of sp³-hybridized carbons (Fsp3) is 0.250. The molecular weight excluding hydrogens is 572 g/mol. The maximum absolute atomic E-state index is 14.0. The molecule has 0 amide bonds. The van der Waals surface area contributed by atoms with Gasteiger partial charge in [0.05, 0.1) is 48.8 Å². The van der Waals surface area contributed by atoms with Crippen LogP contribution < -0.4 is 24.4 Å². The molecule has 1 atom stereocenters. The number of allylic oxidation sites excluding steroid dienone is 1.